The molecule has 0 spiro atoms. The third-order valence-corrected chi connectivity index (χ3v) is 2.93. The molecule has 6 nitrogen and oxygen atoms in total. The molecule has 0 saturated carbocycles. The van der Waals surface area contributed by atoms with Crippen LogP contribution in [-0.2, 0) is 4.79 Å². The maximum atomic E-state index is 11.5. The van der Waals surface area contributed by atoms with Crippen LogP contribution in [0, 0.1) is 5.92 Å². The molecule has 0 aliphatic carbocycles. The number of aliphatic hydroxyl groups is 1. The van der Waals surface area contributed by atoms with Crippen molar-refractivity contribution in [1.29, 1.82) is 0 Å². The summed E-state index contributed by atoms with van der Waals surface area (Å²) in [6.07, 6.45) is 4.76. The fourth-order valence-corrected chi connectivity index (χ4v) is 1.64. The van der Waals surface area contributed by atoms with Crippen molar-refractivity contribution >= 4 is 11.8 Å². The van der Waals surface area contributed by atoms with Crippen molar-refractivity contribution < 1.29 is 19.1 Å². The monoisotopic (exact) mass is 282 g/mol. The van der Waals surface area contributed by atoms with Crippen LogP contribution in [0.2, 0.25) is 0 Å². The van der Waals surface area contributed by atoms with E-state index in [1.807, 2.05) is 6.92 Å². The Morgan fingerprint density at radius 1 is 1.35 bits per heavy atom. The zero-order valence-corrected chi connectivity index (χ0v) is 11.7. The average Bonchev–Trinajstić information content (AvgIpc) is 2.97. The number of hydrogen-bond donors (Lipinski definition) is 3. The van der Waals surface area contributed by atoms with E-state index in [0.29, 0.717) is 18.7 Å². The number of carbonyl (C=O) groups is 2. The predicted octanol–water partition coefficient (Wildman–Crippen LogP) is 0.924. The van der Waals surface area contributed by atoms with Gasteiger partial charge in [-0.3, -0.25) is 9.59 Å². The van der Waals surface area contributed by atoms with Gasteiger partial charge in [0.25, 0.3) is 5.91 Å². The highest BCUT2D eigenvalue weighted by Crippen LogP contribution is 2.02. The SMILES string of the molecule is CC(CO)CCCNC(=O)CCNC(=O)c1ccoc1. The molecule has 1 aromatic heterocycles. The number of hydrogen-bond acceptors (Lipinski definition) is 4. The Balaban J connectivity index is 2.04. The topological polar surface area (TPSA) is 91.6 Å². The number of amides is 2. The summed E-state index contributed by atoms with van der Waals surface area (Å²) in [5.41, 5.74) is 0.448. The van der Waals surface area contributed by atoms with Gasteiger partial charge in [0.2, 0.25) is 5.91 Å². The molecule has 2 amide bonds. The molecular formula is C14H22N2O4. The zero-order chi connectivity index (χ0) is 14.8. The van der Waals surface area contributed by atoms with E-state index in [0.717, 1.165) is 12.8 Å². The number of nitrogens with one attached hydrogen (secondary N) is 2. The summed E-state index contributed by atoms with van der Waals surface area (Å²) in [7, 11) is 0. The summed E-state index contributed by atoms with van der Waals surface area (Å²) >= 11 is 0. The molecule has 0 aliphatic rings. The normalized spacial score (nSPS) is 11.9. The maximum Gasteiger partial charge on any atom is 0.254 e. The first-order valence-electron chi connectivity index (χ1n) is 6.81. The summed E-state index contributed by atoms with van der Waals surface area (Å²) in [5, 5.41) is 14.3. The molecule has 3 N–H and O–H groups in total. The fraction of sp³-hybridized carbons (Fsp3) is 0.571. The molecule has 1 heterocycles. The Hall–Kier alpha value is -1.82. The summed E-state index contributed by atoms with van der Waals surface area (Å²) in [6.45, 7) is 3.03. The van der Waals surface area contributed by atoms with Gasteiger partial charge in [0.05, 0.1) is 11.8 Å². The van der Waals surface area contributed by atoms with Crippen molar-refractivity contribution in [1.82, 2.24) is 10.6 Å². The van der Waals surface area contributed by atoms with E-state index in [-0.39, 0.29) is 30.8 Å². The highest BCUT2D eigenvalue weighted by molar-refractivity contribution is 5.93. The zero-order valence-electron chi connectivity index (χ0n) is 11.7. The van der Waals surface area contributed by atoms with Crippen LogP contribution in [0.4, 0.5) is 0 Å². The average molecular weight is 282 g/mol. The summed E-state index contributed by atoms with van der Waals surface area (Å²) in [5.74, 6) is -0.0707. The molecule has 20 heavy (non-hydrogen) atoms. The van der Waals surface area contributed by atoms with E-state index >= 15 is 0 Å². The van der Waals surface area contributed by atoms with Crippen LogP contribution in [0.1, 0.15) is 36.5 Å². The lowest BCUT2D eigenvalue weighted by atomic mass is 10.1. The number of carbonyl (C=O) groups excluding carboxylic acids is 2. The smallest absolute Gasteiger partial charge is 0.254 e. The molecule has 112 valence electrons. The Morgan fingerprint density at radius 2 is 2.15 bits per heavy atom. The lowest BCUT2D eigenvalue weighted by Gasteiger charge is -2.08. The van der Waals surface area contributed by atoms with Crippen LogP contribution in [0.5, 0.6) is 0 Å². The van der Waals surface area contributed by atoms with Crippen LogP contribution in [0.3, 0.4) is 0 Å². The molecule has 0 radical (unpaired) electrons. The molecule has 1 aromatic rings. The standard InChI is InChI=1S/C14H22N2O4/c1-11(9-17)3-2-6-15-13(18)4-7-16-14(19)12-5-8-20-10-12/h5,8,10-11,17H,2-4,6-7,9H2,1H3,(H,15,18)(H,16,19). The molecule has 1 rings (SSSR count). The van der Waals surface area contributed by atoms with E-state index in [1.165, 1.54) is 12.5 Å². The van der Waals surface area contributed by atoms with E-state index < -0.39 is 0 Å². The lowest BCUT2D eigenvalue weighted by molar-refractivity contribution is -0.120. The minimum atomic E-state index is -0.247. The molecule has 0 aromatic carbocycles. The van der Waals surface area contributed by atoms with Gasteiger partial charge in [-0.2, -0.15) is 0 Å². The van der Waals surface area contributed by atoms with Crippen molar-refractivity contribution in [2.45, 2.75) is 26.2 Å². The van der Waals surface area contributed by atoms with E-state index in [9.17, 15) is 9.59 Å². The van der Waals surface area contributed by atoms with Crippen LogP contribution >= 0.6 is 0 Å². The van der Waals surface area contributed by atoms with Gasteiger partial charge in [0, 0.05) is 26.1 Å². The third kappa shape index (κ3) is 6.38. The first kappa shape index (κ1) is 16.2. The molecule has 1 unspecified atom stereocenters. The van der Waals surface area contributed by atoms with Crippen molar-refractivity contribution in [2.24, 2.45) is 5.92 Å². The minimum absolute atomic E-state index is 0.0888. The van der Waals surface area contributed by atoms with Crippen molar-refractivity contribution in [3.8, 4) is 0 Å². The first-order chi connectivity index (χ1) is 9.63. The van der Waals surface area contributed by atoms with Crippen molar-refractivity contribution in [3.05, 3.63) is 24.2 Å². The van der Waals surface area contributed by atoms with Gasteiger partial charge < -0.3 is 20.2 Å². The Labute approximate surface area is 118 Å². The molecule has 1 atom stereocenters. The quantitative estimate of drug-likeness (QED) is 0.587. The molecule has 6 heteroatoms. The number of rotatable bonds is 9. The predicted molar refractivity (Wildman–Crippen MR) is 74.2 cm³/mol. The van der Waals surface area contributed by atoms with Gasteiger partial charge in [-0.05, 0) is 24.8 Å². The highest BCUT2D eigenvalue weighted by atomic mass is 16.3. The van der Waals surface area contributed by atoms with Gasteiger partial charge in [0.15, 0.2) is 0 Å². The third-order valence-electron chi connectivity index (χ3n) is 2.93. The molecule has 0 fully saturated rings. The largest absolute Gasteiger partial charge is 0.472 e. The number of furan rings is 1. The first-order valence-corrected chi connectivity index (χ1v) is 6.81. The van der Waals surface area contributed by atoms with Crippen LogP contribution < -0.4 is 10.6 Å². The fourth-order valence-electron chi connectivity index (χ4n) is 1.64. The van der Waals surface area contributed by atoms with E-state index in [4.69, 9.17) is 9.52 Å². The number of aliphatic hydroxyl groups excluding tert-OH is 1. The second-order valence-electron chi connectivity index (χ2n) is 4.80. The van der Waals surface area contributed by atoms with E-state index in [2.05, 4.69) is 10.6 Å². The molecular weight excluding hydrogens is 260 g/mol. The van der Waals surface area contributed by atoms with Crippen LogP contribution in [-0.4, -0.2) is 36.6 Å². The second-order valence-corrected chi connectivity index (χ2v) is 4.80. The van der Waals surface area contributed by atoms with Crippen molar-refractivity contribution in [2.75, 3.05) is 19.7 Å². The van der Waals surface area contributed by atoms with Gasteiger partial charge >= 0.3 is 0 Å². The van der Waals surface area contributed by atoms with E-state index in [1.54, 1.807) is 6.07 Å². The van der Waals surface area contributed by atoms with Gasteiger partial charge in [0.1, 0.15) is 6.26 Å². The minimum Gasteiger partial charge on any atom is -0.472 e. The van der Waals surface area contributed by atoms with Gasteiger partial charge in [-0.15, -0.1) is 0 Å². The Kier molecular flexibility index (Phi) is 7.42. The van der Waals surface area contributed by atoms with Crippen LogP contribution in [0.25, 0.3) is 0 Å². The maximum absolute atomic E-state index is 11.5. The molecule has 0 aliphatic heterocycles. The lowest BCUT2D eigenvalue weighted by Crippen LogP contribution is -2.31. The molecule has 0 bridgehead atoms. The summed E-state index contributed by atoms with van der Waals surface area (Å²) in [4.78, 5) is 23.0. The Morgan fingerprint density at radius 3 is 2.80 bits per heavy atom. The molecule has 0 saturated heterocycles. The second kappa shape index (κ2) is 9.14. The van der Waals surface area contributed by atoms with Crippen molar-refractivity contribution in [3.63, 3.8) is 0 Å². The highest BCUT2D eigenvalue weighted by Gasteiger charge is 2.07. The Bertz CT molecular complexity index is 403. The summed E-state index contributed by atoms with van der Waals surface area (Å²) < 4.78 is 4.80. The van der Waals surface area contributed by atoms with Gasteiger partial charge in [-0.1, -0.05) is 6.92 Å². The summed E-state index contributed by atoms with van der Waals surface area (Å²) in [6, 6.07) is 1.57. The van der Waals surface area contributed by atoms with Crippen LogP contribution in [0.15, 0.2) is 23.0 Å². The van der Waals surface area contributed by atoms with Gasteiger partial charge in [-0.25, -0.2) is 0 Å².